The van der Waals surface area contributed by atoms with Crippen LogP contribution in [0.1, 0.15) is 24.8 Å². The molecule has 4 rings (SSSR count). The number of carbonyl (C=O) groups excluding carboxylic acids is 1. The Bertz CT molecular complexity index is 968. The van der Waals surface area contributed by atoms with E-state index in [1.54, 1.807) is 29.4 Å². The Hall–Kier alpha value is -3.36. The fraction of sp³-hybridized carbons (Fsp3) is 0.294. The summed E-state index contributed by atoms with van der Waals surface area (Å²) < 4.78 is 6.66. The van der Waals surface area contributed by atoms with E-state index >= 15 is 0 Å². The molecule has 1 aliphatic heterocycles. The fourth-order valence-corrected chi connectivity index (χ4v) is 3.04. The highest BCUT2D eigenvalue weighted by Gasteiger charge is 2.34. The molecule has 1 atom stereocenters. The first-order chi connectivity index (χ1) is 12.7. The second-order valence-electron chi connectivity index (χ2n) is 5.95. The molecule has 0 unspecified atom stereocenters. The van der Waals surface area contributed by atoms with Crippen molar-refractivity contribution >= 4 is 5.91 Å². The van der Waals surface area contributed by atoms with Crippen molar-refractivity contribution in [2.45, 2.75) is 25.4 Å². The Labute approximate surface area is 148 Å². The molecule has 0 aromatic carbocycles. The fourth-order valence-electron chi connectivity index (χ4n) is 3.04. The molecule has 132 valence electrons. The Morgan fingerprint density at radius 3 is 2.92 bits per heavy atom. The van der Waals surface area contributed by atoms with Gasteiger partial charge in [-0.25, -0.2) is 9.78 Å². The Balaban J connectivity index is 1.54. The van der Waals surface area contributed by atoms with E-state index in [-0.39, 0.29) is 18.5 Å². The van der Waals surface area contributed by atoms with Crippen molar-refractivity contribution in [2.75, 3.05) is 6.54 Å². The zero-order valence-corrected chi connectivity index (χ0v) is 13.9. The molecule has 4 heterocycles. The first kappa shape index (κ1) is 16.1. The van der Waals surface area contributed by atoms with Gasteiger partial charge in [0.05, 0.1) is 0 Å². The molecule has 3 aromatic rings. The smallest absolute Gasteiger partial charge is 0.337 e. The van der Waals surface area contributed by atoms with Gasteiger partial charge in [-0.2, -0.15) is 4.98 Å². The number of rotatable bonds is 4. The van der Waals surface area contributed by atoms with Crippen LogP contribution in [0.25, 0.3) is 11.5 Å². The highest BCUT2D eigenvalue weighted by atomic mass is 16.5. The lowest BCUT2D eigenvalue weighted by molar-refractivity contribution is -0.133. The van der Waals surface area contributed by atoms with Crippen LogP contribution in [0.2, 0.25) is 0 Å². The molecule has 0 N–H and O–H groups in total. The van der Waals surface area contributed by atoms with Crippen LogP contribution in [0.15, 0.2) is 52.2 Å². The van der Waals surface area contributed by atoms with Crippen molar-refractivity contribution in [2.24, 2.45) is 0 Å². The number of carbonyl (C=O) groups is 1. The van der Waals surface area contributed by atoms with Gasteiger partial charge in [0.1, 0.15) is 18.3 Å². The summed E-state index contributed by atoms with van der Waals surface area (Å²) in [6.07, 6.45) is 6.17. The maximum atomic E-state index is 12.7. The van der Waals surface area contributed by atoms with Gasteiger partial charge < -0.3 is 9.42 Å². The second kappa shape index (κ2) is 6.87. The van der Waals surface area contributed by atoms with Crippen molar-refractivity contribution in [1.29, 1.82) is 0 Å². The van der Waals surface area contributed by atoms with Crippen molar-refractivity contribution < 1.29 is 9.32 Å². The first-order valence-corrected chi connectivity index (χ1v) is 8.28. The Kier molecular flexibility index (Phi) is 4.26. The minimum atomic E-state index is -0.452. The van der Waals surface area contributed by atoms with E-state index in [0.29, 0.717) is 24.0 Å². The van der Waals surface area contributed by atoms with Crippen LogP contribution in [0.4, 0.5) is 0 Å². The van der Waals surface area contributed by atoms with Crippen LogP contribution in [-0.4, -0.2) is 42.0 Å². The zero-order valence-electron chi connectivity index (χ0n) is 13.9. The van der Waals surface area contributed by atoms with Crippen molar-refractivity contribution in [1.82, 2.24) is 29.6 Å². The number of pyridine rings is 1. The summed E-state index contributed by atoms with van der Waals surface area (Å²) >= 11 is 0. The van der Waals surface area contributed by atoms with Gasteiger partial charge in [0.2, 0.25) is 17.6 Å². The maximum absolute atomic E-state index is 12.7. The Morgan fingerprint density at radius 1 is 1.23 bits per heavy atom. The van der Waals surface area contributed by atoms with Crippen molar-refractivity contribution in [3.63, 3.8) is 0 Å². The summed E-state index contributed by atoms with van der Waals surface area (Å²) in [4.78, 5) is 38.3. The molecule has 3 aromatic heterocycles. The van der Waals surface area contributed by atoms with E-state index in [1.165, 1.54) is 10.8 Å². The van der Waals surface area contributed by atoms with E-state index in [4.69, 9.17) is 4.52 Å². The normalized spacial score (nSPS) is 16.8. The molecule has 1 aliphatic rings. The third-order valence-corrected chi connectivity index (χ3v) is 4.28. The molecular weight excluding hydrogens is 336 g/mol. The summed E-state index contributed by atoms with van der Waals surface area (Å²) in [6.45, 7) is 0.518. The SMILES string of the molecule is O=C(Cn1cccnc1=O)N1CCC[C@H]1c1nc(-c2ccccn2)no1. The molecule has 0 bridgehead atoms. The average molecular weight is 352 g/mol. The molecule has 0 saturated carbocycles. The molecule has 1 amide bonds. The highest BCUT2D eigenvalue weighted by molar-refractivity contribution is 5.76. The molecular formula is C17H16N6O3. The molecule has 0 aliphatic carbocycles. The molecule has 9 nitrogen and oxygen atoms in total. The molecule has 1 fully saturated rings. The largest absolute Gasteiger partial charge is 0.347 e. The number of hydrogen-bond acceptors (Lipinski definition) is 7. The van der Waals surface area contributed by atoms with Crippen LogP contribution >= 0.6 is 0 Å². The number of nitrogens with zero attached hydrogens (tertiary/aromatic N) is 6. The number of hydrogen-bond donors (Lipinski definition) is 0. The molecule has 0 spiro atoms. The number of likely N-dealkylation sites (tertiary alicyclic amines) is 1. The third-order valence-electron chi connectivity index (χ3n) is 4.28. The summed E-state index contributed by atoms with van der Waals surface area (Å²) in [5.74, 6) is 0.596. The number of aromatic nitrogens is 5. The minimum absolute atomic E-state index is 0.0651. The maximum Gasteiger partial charge on any atom is 0.347 e. The lowest BCUT2D eigenvalue weighted by atomic mass is 10.2. The van der Waals surface area contributed by atoms with E-state index in [2.05, 4.69) is 20.1 Å². The van der Waals surface area contributed by atoms with Crippen LogP contribution in [0, 0.1) is 0 Å². The standard InChI is InChI=1S/C17H16N6O3/c24-14(11-22-9-4-8-19-17(22)25)23-10-3-6-13(23)16-20-15(21-26-16)12-5-1-2-7-18-12/h1-2,4-5,7-9,13H,3,6,10-11H2/t13-/m0/s1. The van der Waals surface area contributed by atoms with E-state index < -0.39 is 5.69 Å². The summed E-state index contributed by atoms with van der Waals surface area (Å²) in [7, 11) is 0. The van der Waals surface area contributed by atoms with Gasteiger partial charge in [-0.05, 0) is 31.0 Å². The molecule has 9 heteroatoms. The number of amides is 1. The quantitative estimate of drug-likeness (QED) is 0.691. The lowest BCUT2D eigenvalue weighted by Gasteiger charge is -2.22. The Morgan fingerprint density at radius 2 is 2.12 bits per heavy atom. The molecule has 26 heavy (non-hydrogen) atoms. The van der Waals surface area contributed by atoms with Crippen LogP contribution in [-0.2, 0) is 11.3 Å². The highest BCUT2D eigenvalue weighted by Crippen LogP contribution is 2.31. The second-order valence-corrected chi connectivity index (χ2v) is 5.95. The molecule has 1 saturated heterocycles. The van der Waals surface area contributed by atoms with Crippen molar-refractivity contribution in [3.05, 3.63) is 59.2 Å². The van der Waals surface area contributed by atoms with Crippen LogP contribution < -0.4 is 5.69 Å². The van der Waals surface area contributed by atoms with Gasteiger partial charge in [-0.1, -0.05) is 11.2 Å². The van der Waals surface area contributed by atoms with Gasteiger partial charge in [-0.15, -0.1) is 0 Å². The van der Waals surface area contributed by atoms with Gasteiger partial charge >= 0.3 is 5.69 Å². The monoisotopic (exact) mass is 352 g/mol. The van der Waals surface area contributed by atoms with E-state index in [9.17, 15) is 9.59 Å². The van der Waals surface area contributed by atoms with Gasteiger partial charge in [0.25, 0.3) is 0 Å². The minimum Gasteiger partial charge on any atom is -0.337 e. The predicted molar refractivity (Wildman–Crippen MR) is 89.7 cm³/mol. The van der Waals surface area contributed by atoms with Crippen LogP contribution in [0.5, 0.6) is 0 Å². The average Bonchev–Trinajstić information content (AvgIpc) is 3.33. The lowest BCUT2D eigenvalue weighted by Crippen LogP contribution is -2.36. The van der Waals surface area contributed by atoms with Gasteiger partial charge in [-0.3, -0.25) is 14.3 Å². The summed E-state index contributed by atoms with van der Waals surface area (Å²) in [5.41, 5.74) is 0.159. The predicted octanol–water partition coefficient (Wildman–Crippen LogP) is 1.05. The topological polar surface area (TPSA) is 107 Å². The first-order valence-electron chi connectivity index (χ1n) is 8.28. The summed E-state index contributed by atoms with van der Waals surface area (Å²) in [6, 6.07) is 6.77. The van der Waals surface area contributed by atoms with Gasteiger partial charge in [0, 0.05) is 25.1 Å². The molecule has 0 radical (unpaired) electrons. The van der Waals surface area contributed by atoms with Gasteiger partial charge in [0.15, 0.2) is 0 Å². The third kappa shape index (κ3) is 3.10. The van der Waals surface area contributed by atoms with E-state index in [0.717, 1.165) is 12.8 Å². The van der Waals surface area contributed by atoms with E-state index in [1.807, 2.05) is 12.1 Å². The zero-order chi connectivity index (χ0) is 17.9. The van der Waals surface area contributed by atoms with Crippen molar-refractivity contribution in [3.8, 4) is 11.5 Å². The van der Waals surface area contributed by atoms with Crippen LogP contribution in [0.3, 0.4) is 0 Å². The summed E-state index contributed by atoms with van der Waals surface area (Å²) in [5, 5.41) is 3.97.